The highest BCUT2D eigenvalue weighted by Crippen LogP contribution is 2.14. The predicted molar refractivity (Wildman–Crippen MR) is 113 cm³/mol. The van der Waals surface area contributed by atoms with Crippen molar-refractivity contribution in [2.24, 2.45) is 4.99 Å². The van der Waals surface area contributed by atoms with Crippen LogP contribution in [-0.4, -0.2) is 69.2 Å². The van der Waals surface area contributed by atoms with Gasteiger partial charge in [0.25, 0.3) is 0 Å². The zero-order valence-electron chi connectivity index (χ0n) is 17.5. The Morgan fingerprint density at radius 1 is 1.29 bits per heavy atom. The van der Waals surface area contributed by atoms with E-state index in [2.05, 4.69) is 57.0 Å². The van der Waals surface area contributed by atoms with E-state index in [1.54, 1.807) is 7.11 Å². The van der Waals surface area contributed by atoms with Crippen LogP contribution in [0.25, 0.3) is 0 Å². The summed E-state index contributed by atoms with van der Waals surface area (Å²) in [7, 11) is 1.61. The molecule has 0 aliphatic carbocycles. The molecule has 1 aliphatic rings. The second-order valence-corrected chi connectivity index (χ2v) is 7.22. The van der Waals surface area contributed by atoms with Crippen molar-refractivity contribution in [3.05, 3.63) is 35.4 Å². The second-order valence-electron chi connectivity index (χ2n) is 7.22. The fraction of sp³-hybridized carbons (Fsp3) is 0.619. The zero-order chi connectivity index (χ0) is 20.2. The molecule has 0 unspecified atom stereocenters. The van der Waals surface area contributed by atoms with Gasteiger partial charge in [0.1, 0.15) is 6.54 Å². The summed E-state index contributed by atoms with van der Waals surface area (Å²) >= 11 is 0. The lowest BCUT2D eigenvalue weighted by Crippen LogP contribution is -2.48. The Bertz CT molecular complexity index is 627. The Morgan fingerprint density at radius 2 is 2.07 bits per heavy atom. The summed E-state index contributed by atoms with van der Waals surface area (Å²) in [6, 6.07) is 9.11. The van der Waals surface area contributed by atoms with Crippen molar-refractivity contribution in [2.45, 2.75) is 39.3 Å². The number of benzene rings is 1. The molecule has 3 N–H and O–H groups in total. The zero-order valence-corrected chi connectivity index (χ0v) is 17.5. The van der Waals surface area contributed by atoms with Crippen LogP contribution < -0.4 is 16.0 Å². The normalized spacial score (nSPS) is 16.0. The van der Waals surface area contributed by atoms with Crippen molar-refractivity contribution < 1.29 is 9.53 Å². The highest BCUT2D eigenvalue weighted by Gasteiger charge is 2.20. The van der Waals surface area contributed by atoms with Gasteiger partial charge in [0.05, 0.1) is 6.61 Å². The van der Waals surface area contributed by atoms with Crippen molar-refractivity contribution in [1.29, 1.82) is 0 Å². The van der Waals surface area contributed by atoms with Crippen molar-refractivity contribution >= 4 is 11.9 Å². The number of piperidine rings is 1. The van der Waals surface area contributed by atoms with Crippen molar-refractivity contribution in [1.82, 2.24) is 20.9 Å². The molecule has 28 heavy (non-hydrogen) atoms. The van der Waals surface area contributed by atoms with Gasteiger partial charge in [0, 0.05) is 45.9 Å². The van der Waals surface area contributed by atoms with Gasteiger partial charge in [-0.3, -0.25) is 9.69 Å². The first-order valence-electron chi connectivity index (χ1n) is 10.2. The van der Waals surface area contributed by atoms with Crippen LogP contribution in [0.2, 0.25) is 0 Å². The third-order valence-electron chi connectivity index (χ3n) is 4.77. The van der Waals surface area contributed by atoms with Gasteiger partial charge in [-0.1, -0.05) is 29.8 Å². The topological polar surface area (TPSA) is 78.0 Å². The number of nitrogens with one attached hydrogen (secondary N) is 3. The molecule has 1 aromatic rings. The maximum Gasteiger partial charge on any atom is 0.241 e. The van der Waals surface area contributed by atoms with Gasteiger partial charge in [-0.15, -0.1) is 0 Å². The summed E-state index contributed by atoms with van der Waals surface area (Å²) in [5, 5.41) is 9.50. The second kappa shape index (κ2) is 12.4. The molecule has 1 aliphatic heterocycles. The maximum absolute atomic E-state index is 11.8. The van der Waals surface area contributed by atoms with E-state index in [0.717, 1.165) is 39.0 Å². The van der Waals surface area contributed by atoms with Crippen LogP contribution in [0.15, 0.2) is 29.3 Å². The number of aliphatic imine (C=N–C) groups is 1. The Labute approximate surface area is 168 Å². The average molecular weight is 390 g/mol. The van der Waals surface area contributed by atoms with Crippen LogP contribution in [0.5, 0.6) is 0 Å². The number of guanidine groups is 1. The number of rotatable bonds is 9. The van der Waals surface area contributed by atoms with E-state index < -0.39 is 0 Å². The van der Waals surface area contributed by atoms with Crippen LogP contribution in [0.1, 0.15) is 30.9 Å². The highest BCUT2D eigenvalue weighted by molar-refractivity contribution is 5.85. The van der Waals surface area contributed by atoms with Crippen molar-refractivity contribution in [3.8, 4) is 0 Å². The first-order valence-corrected chi connectivity index (χ1v) is 10.2. The lowest BCUT2D eigenvalue weighted by atomic mass is 10.0. The molecule has 0 saturated carbocycles. The monoisotopic (exact) mass is 389 g/mol. The molecule has 1 heterocycles. The Kier molecular flexibility index (Phi) is 9.79. The predicted octanol–water partition coefficient (Wildman–Crippen LogP) is 1.28. The summed E-state index contributed by atoms with van der Waals surface area (Å²) in [5.41, 5.74) is 2.69. The fourth-order valence-corrected chi connectivity index (χ4v) is 3.32. The van der Waals surface area contributed by atoms with Gasteiger partial charge < -0.3 is 20.7 Å². The third kappa shape index (κ3) is 8.27. The Balaban J connectivity index is 1.76. The molecular formula is C21H35N5O2. The summed E-state index contributed by atoms with van der Waals surface area (Å²) in [6.07, 6.45) is 2.13. The van der Waals surface area contributed by atoms with E-state index in [9.17, 15) is 4.79 Å². The van der Waals surface area contributed by atoms with Gasteiger partial charge in [-0.25, -0.2) is 4.99 Å². The maximum atomic E-state index is 11.8. The molecule has 1 amide bonds. The number of aryl methyl sites for hydroxylation is 1. The van der Waals surface area contributed by atoms with E-state index in [1.807, 2.05) is 6.92 Å². The third-order valence-corrected chi connectivity index (χ3v) is 4.77. The molecule has 0 bridgehead atoms. The molecule has 7 nitrogen and oxygen atoms in total. The minimum Gasteiger partial charge on any atom is -0.383 e. The van der Waals surface area contributed by atoms with E-state index in [-0.39, 0.29) is 12.5 Å². The Morgan fingerprint density at radius 3 is 2.75 bits per heavy atom. The minimum absolute atomic E-state index is 0.0952. The lowest BCUT2D eigenvalue weighted by Gasteiger charge is -2.33. The minimum atomic E-state index is -0.0952. The van der Waals surface area contributed by atoms with Gasteiger partial charge in [-0.05, 0) is 32.3 Å². The van der Waals surface area contributed by atoms with Crippen LogP contribution in [-0.2, 0) is 16.1 Å². The number of carbonyl (C=O) groups is 1. The van der Waals surface area contributed by atoms with E-state index in [1.165, 1.54) is 11.1 Å². The lowest BCUT2D eigenvalue weighted by molar-refractivity contribution is -0.119. The smallest absolute Gasteiger partial charge is 0.241 e. The first-order chi connectivity index (χ1) is 13.6. The molecule has 0 aromatic heterocycles. The van der Waals surface area contributed by atoms with Crippen LogP contribution >= 0.6 is 0 Å². The number of carbonyl (C=O) groups excluding carboxylic acids is 1. The molecule has 7 heteroatoms. The molecule has 1 fully saturated rings. The van der Waals surface area contributed by atoms with Gasteiger partial charge in [0.15, 0.2) is 5.96 Å². The van der Waals surface area contributed by atoms with Gasteiger partial charge >= 0.3 is 0 Å². The van der Waals surface area contributed by atoms with E-state index in [0.29, 0.717) is 25.2 Å². The average Bonchev–Trinajstić information content (AvgIpc) is 2.68. The summed E-state index contributed by atoms with van der Waals surface area (Å²) in [6.45, 7) is 9.19. The fourth-order valence-electron chi connectivity index (χ4n) is 3.32. The summed E-state index contributed by atoms with van der Waals surface area (Å²) in [4.78, 5) is 18.7. The molecule has 0 radical (unpaired) electrons. The number of likely N-dealkylation sites (tertiary alicyclic amines) is 1. The number of hydrogen-bond acceptors (Lipinski definition) is 4. The molecule has 156 valence electrons. The molecular weight excluding hydrogens is 354 g/mol. The standard InChI is InChI=1S/C21H35N5O2/c1-4-22-21(24-15-20(27)23-10-13-28-3)25-19-8-11-26(12-9-19)16-18-7-5-6-17(2)14-18/h5-7,14,19H,4,8-13,15-16H2,1-3H3,(H,23,27)(H2,22,24,25). The number of amides is 1. The van der Waals surface area contributed by atoms with Gasteiger partial charge in [0.2, 0.25) is 5.91 Å². The van der Waals surface area contributed by atoms with E-state index >= 15 is 0 Å². The quantitative estimate of drug-likeness (QED) is 0.337. The van der Waals surface area contributed by atoms with Crippen molar-refractivity contribution in [2.75, 3.05) is 46.4 Å². The number of ether oxygens (including phenoxy) is 1. The molecule has 0 atom stereocenters. The summed E-state index contributed by atoms with van der Waals surface area (Å²) < 4.78 is 4.93. The summed E-state index contributed by atoms with van der Waals surface area (Å²) in [5.74, 6) is 0.615. The molecule has 2 rings (SSSR count). The van der Waals surface area contributed by atoms with Crippen molar-refractivity contribution in [3.63, 3.8) is 0 Å². The number of methoxy groups -OCH3 is 1. The number of hydrogen-bond donors (Lipinski definition) is 3. The van der Waals surface area contributed by atoms with Crippen LogP contribution in [0.4, 0.5) is 0 Å². The Hall–Kier alpha value is -2.12. The molecule has 1 saturated heterocycles. The SMILES string of the molecule is CCNC(=NCC(=O)NCCOC)NC1CCN(Cc2cccc(C)c2)CC1. The molecule has 1 aromatic carbocycles. The van der Waals surface area contributed by atoms with Crippen LogP contribution in [0.3, 0.4) is 0 Å². The van der Waals surface area contributed by atoms with Crippen LogP contribution in [0, 0.1) is 6.92 Å². The van der Waals surface area contributed by atoms with Gasteiger partial charge in [-0.2, -0.15) is 0 Å². The van der Waals surface area contributed by atoms with E-state index in [4.69, 9.17) is 4.74 Å². The highest BCUT2D eigenvalue weighted by atomic mass is 16.5. The largest absolute Gasteiger partial charge is 0.383 e. The first kappa shape index (κ1) is 22.2. The number of nitrogens with zero attached hydrogens (tertiary/aromatic N) is 2. The molecule has 0 spiro atoms.